The van der Waals surface area contributed by atoms with Crippen LogP contribution in [0.25, 0.3) is 0 Å². The zero-order valence-corrected chi connectivity index (χ0v) is 44.2. The fourth-order valence-corrected chi connectivity index (χ4v) is 9.88. The molecule has 0 bridgehead atoms. The van der Waals surface area contributed by atoms with Crippen LogP contribution in [0.2, 0.25) is 0 Å². The number of aliphatic hydroxyl groups is 9. The second-order valence-corrected chi connectivity index (χ2v) is 20.7. The third kappa shape index (κ3) is 19.3. The van der Waals surface area contributed by atoms with Crippen LogP contribution in [-0.4, -0.2) is 232 Å². The highest BCUT2D eigenvalue weighted by molar-refractivity contribution is 7.80. The summed E-state index contributed by atoms with van der Waals surface area (Å²) in [6.07, 6.45) is -10.3. The van der Waals surface area contributed by atoms with Crippen LogP contribution in [-0.2, 0) is 66.9 Å². The molecular weight excluding hydrogens is 1040 g/mol. The SMILES string of the molecule is CCCCCC/C=C\CCCCCCCC(=O)NC1C(O)CC(CO)(CO)O[C@H]1O[C@@H]1C(CO)O[C@@H](O[C@@H]2C(CO)O[C@@H](O[C@@H]3C(COS(=O)(=O)O)O[C@@H](O)C(NC(C)=O)C3O)C(NC(C)=O)C2O)C(NC(C)=O)C1O. The highest BCUT2D eigenvalue weighted by Gasteiger charge is 2.57. The van der Waals surface area contributed by atoms with Crippen molar-refractivity contribution in [1.82, 2.24) is 21.3 Å². The number of allylic oxidation sites excluding steroid dienone is 2. The van der Waals surface area contributed by atoms with Gasteiger partial charge in [-0.15, -0.1) is 0 Å². The predicted octanol–water partition coefficient (Wildman–Crippen LogP) is -3.72. The van der Waals surface area contributed by atoms with Gasteiger partial charge in [-0.05, 0) is 32.1 Å². The van der Waals surface area contributed by atoms with Crippen LogP contribution >= 0.6 is 0 Å². The van der Waals surface area contributed by atoms with Gasteiger partial charge in [0.25, 0.3) is 0 Å². The maximum absolute atomic E-state index is 13.3. The Balaban J connectivity index is 1.52. The van der Waals surface area contributed by atoms with Crippen LogP contribution < -0.4 is 21.3 Å². The highest BCUT2D eigenvalue weighted by atomic mass is 32.3. The minimum absolute atomic E-state index is 0.0602. The van der Waals surface area contributed by atoms with E-state index in [2.05, 4.69) is 44.5 Å². The number of unbranched alkanes of at least 4 members (excludes halogenated alkanes) is 9. The molecule has 4 aliphatic rings. The summed E-state index contributed by atoms with van der Waals surface area (Å²) in [5, 5.41) is 109. The first-order chi connectivity index (χ1) is 36.0. The van der Waals surface area contributed by atoms with Gasteiger partial charge in [-0.2, -0.15) is 8.42 Å². The Labute approximate surface area is 442 Å². The Kier molecular flexibility index (Phi) is 27.2. The van der Waals surface area contributed by atoms with Crippen LogP contribution in [0.4, 0.5) is 0 Å². The maximum Gasteiger partial charge on any atom is 0.397 e. The van der Waals surface area contributed by atoms with E-state index in [1.165, 1.54) is 25.7 Å². The molecule has 0 saturated carbocycles. The average molecular weight is 1120 g/mol. The molecule has 29 heteroatoms. The summed E-state index contributed by atoms with van der Waals surface area (Å²) < 4.78 is 78.3. The Morgan fingerprint density at radius 3 is 1.51 bits per heavy atom. The van der Waals surface area contributed by atoms with Crippen molar-refractivity contribution >= 4 is 34.0 Å². The van der Waals surface area contributed by atoms with Crippen molar-refractivity contribution < 1.29 is 115 Å². The summed E-state index contributed by atoms with van der Waals surface area (Å²) in [5.74, 6) is -2.86. The van der Waals surface area contributed by atoms with E-state index in [0.29, 0.717) is 6.42 Å². The van der Waals surface area contributed by atoms with E-state index < -0.39 is 183 Å². The Morgan fingerprint density at radius 2 is 1.04 bits per heavy atom. The van der Waals surface area contributed by atoms with E-state index in [1.54, 1.807) is 0 Å². The van der Waals surface area contributed by atoms with Gasteiger partial charge in [0.15, 0.2) is 25.2 Å². The Hall–Kier alpha value is -3.15. The topological polar surface area (TPSA) is 427 Å². The molecule has 28 nitrogen and oxygen atoms in total. The lowest BCUT2D eigenvalue weighted by atomic mass is 9.89. The Bertz CT molecular complexity index is 1940. The number of carbonyl (C=O) groups excluding carboxylic acids is 4. The van der Waals surface area contributed by atoms with E-state index >= 15 is 0 Å². The molecular formula is C47H82N4O24S. The quantitative estimate of drug-likeness (QED) is 0.0187. The second kappa shape index (κ2) is 31.6. The molecule has 0 aromatic heterocycles. The molecule has 18 atom stereocenters. The number of aliphatic hydroxyl groups excluding tert-OH is 9. The fourth-order valence-electron chi connectivity index (χ4n) is 9.57. The minimum Gasteiger partial charge on any atom is -0.394 e. The summed E-state index contributed by atoms with van der Waals surface area (Å²) in [4.78, 5) is 50.6. The fraction of sp³-hybridized carbons (Fsp3) is 0.872. The standard InChI is InChI=1S/C47H82N4O24S/c1-5-6-7-8-9-10-11-12-13-14-15-16-17-18-32(60)51-33-28(59)19-47(23-54,24-55)75-46(33)74-41-30(21-53)71-44(36(39(41)63)50-27(4)58)72-40-29(20-52)70-45(35(38(40)62)49-26(3)57)73-42-31(22-68-76(65,66)67)69-43(64)34(37(42)61)48-25(2)56/h10-11,28-31,33-46,52-55,59,61-64H,5-9,12-24H2,1-4H3,(H,48,56)(H,49,57)(H,50,58)(H,51,60)(H,65,66,67)/b11-10-/t28?,29?,30?,31?,33?,34?,35?,36?,37?,38?,39?,40-,41-,42-,43-,44+,45+,46-/m1/s1. The molecule has 4 heterocycles. The third-order valence-corrected chi connectivity index (χ3v) is 13.9. The van der Waals surface area contributed by atoms with Gasteiger partial charge < -0.3 is 100 Å². The summed E-state index contributed by atoms with van der Waals surface area (Å²) in [6.45, 7) is 0.581. The zero-order valence-electron chi connectivity index (χ0n) is 43.4. The molecule has 0 radical (unpaired) electrons. The predicted molar refractivity (Wildman–Crippen MR) is 260 cm³/mol. The molecule has 11 unspecified atom stereocenters. The average Bonchev–Trinajstić information content (AvgIpc) is 3.35. The number of ether oxygens (including phenoxy) is 7. The number of rotatable bonds is 30. The first-order valence-electron chi connectivity index (χ1n) is 25.8. The second-order valence-electron chi connectivity index (χ2n) is 19.7. The summed E-state index contributed by atoms with van der Waals surface area (Å²) >= 11 is 0. The van der Waals surface area contributed by atoms with Crippen LogP contribution in [0.15, 0.2) is 12.2 Å². The summed E-state index contributed by atoms with van der Waals surface area (Å²) in [7, 11) is -5.15. The van der Waals surface area contributed by atoms with Crippen LogP contribution in [0.1, 0.15) is 111 Å². The van der Waals surface area contributed by atoms with Gasteiger partial charge in [-0.1, -0.05) is 57.6 Å². The normalized spacial score (nSPS) is 34.9. The molecule has 0 aromatic rings. The molecule has 4 amide bonds. The number of nitrogens with one attached hydrogen (secondary N) is 4. The van der Waals surface area contributed by atoms with Gasteiger partial charge in [0.2, 0.25) is 23.6 Å². The molecule has 4 fully saturated rings. The molecule has 4 aliphatic heterocycles. The van der Waals surface area contributed by atoms with Crippen LogP contribution in [0.5, 0.6) is 0 Å². The summed E-state index contributed by atoms with van der Waals surface area (Å²) in [5.41, 5.74) is -1.82. The van der Waals surface area contributed by atoms with E-state index in [4.69, 9.17) is 33.2 Å². The largest absolute Gasteiger partial charge is 0.397 e. The molecule has 14 N–H and O–H groups in total. The van der Waals surface area contributed by atoms with Crippen molar-refractivity contribution in [2.24, 2.45) is 0 Å². The van der Waals surface area contributed by atoms with E-state index in [0.717, 1.165) is 59.3 Å². The molecule has 0 aromatic carbocycles. The molecule has 76 heavy (non-hydrogen) atoms. The first-order valence-corrected chi connectivity index (χ1v) is 27.2. The number of hydrogen-bond acceptors (Lipinski definition) is 23. The van der Waals surface area contributed by atoms with Crippen molar-refractivity contribution in [1.29, 1.82) is 0 Å². The van der Waals surface area contributed by atoms with E-state index in [-0.39, 0.29) is 12.8 Å². The van der Waals surface area contributed by atoms with E-state index in [9.17, 15) is 78.1 Å². The van der Waals surface area contributed by atoms with Crippen LogP contribution in [0.3, 0.4) is 0 Å². The third-order valence-electron chi connectivity index (χ3n) is 13.5. The van der Waals surface area contributed by atoms with Crippen molar-refractivity contribution in [3.63, 3.8) is 0 Å². The number of amides is 4. The van der Waals surface area contributed by atoms with Crippen molar-refractivity contribution in [3.8, 4) is 0 Å². The smallest absolute Gasteiger partial charge is 0.394 e. The lowest BCUT2D eigenvalue weighted by Crippen LogP contribution is -2.71. The lowest BCUT2D eigenvalue weighted by molar-refractivity contribution is -0.364. The van der Waals surface area contributed by atoms with Gasteiger partial charge in [-0.25, -0.2) is 4.18 Å². The molecule has 0 aliphatic carbocycles. The first kappa shape index (κ1) is 65.4. The van der Waals surface area contributed by atoms with Gasteiger partial charge in [0.1, 0.15) is 84.7 Å². The molecule has 4 rings (SSSR count). The van der Waals surface area contributed by atoms with Crippen LogP contribution in [0, 0.1) is 0 Å². The minimum atomic E-state index is -5.15. The van der Waals surface area contributed by atoms with Gasteiger partial charge in [0.05, 0.1) is 39.1 Å². The molecule has 0 spiro atoms. The van der Waals surface area contributed by atoms with Gasteiger partial charge >= 0.3 is 10.4 Å². The summed E-state index contributed by atoms with van der Waals surface area (Å²) in [6, 6.07) is -6.44. The number of hydrogen-bond donors (Lipinski definition) is 14. The van der Waals surface area contributed by atoms with Crippen molar-refractivity contribution in [2.75, 3.05) is 33.0 Å². The number of carbonyl (C=O) groups is 4. The van der Waals surface area contributed by atoms with Crippen molar-refractivity contribution in [2.45, 2.75) is 227 Å². The lowest BCUT2D eigenvalue weighted by Gasteiger charge is -2.51. The highest BCUT2D eigenvalue weighted by Crippen LogP contribution is 2.36. The van der Waals surface area contributed by atoms with E-state index in [1.807, 2.05) is 0 Å². The molecule has 440 valence electrons. The maximum atomic E-state index is 13.3. The zero-order chi connectivity index (χ0) is 56.3. The van der Waals surface area contributed by atoms with Gasteiger partial charge in [-0.3, -0.25) is 23.7 Å². The van der Waals surface area contributed by atoms with Crippen molar-refractivity contribution in [3.05, 3.63) is 12.2 Å². The molecule has 4 saturated heterocycles. The monoisotopic (exact) mass is 1120 g/mol. The Morgan fingerprint density at radius 1 is 0.592 bits per heavy atom. The van der Waals surface area contributed by atoms with Gasteiger partial charge in [0, 0.05) is 33.6 Å².